The van der Waals surface area contributed by atoms with Gasteiger partial charge in [-0.25, -0.2) is 0 Å². The number of piperazine rings is 1. The number of likely N-dealkylation sites (N-methyl/N-ethyl adjacent to an activating group) is 1. The molecule has 3 aromatic rings. The third-order valence-corrected chi connectivity index (χ3v) is 4.97. The van der Waals surface area contributed by atoms with Crippen molar-refractivity contribution in [2.24, 2.45) is 0 Å². The predicted octanol–water partition coefficient (Wildman–Crippen LogP) is 2.04. The van der Waals surface area contributed by atoms with Crippen LogP contribution in [-0.2, 0) is 6.54 Å². The van der Waals surface area contributed by atoms with Gasteiger partial charge in [-0.1, -0.05) is 18.2 Å². The zero-order chi connectivity index (χ0) is 18.8. The maximum absolute atomic E-state index is 12.6. The number of hydrogen-bond donors (Lipinski definition) is 1. The van der Waals surface area contributed by atoms with Gasteiger partial charge in [0.15, 0.2) is 5.65 Å². The number of aromatic nitrogens is 3. The monoisotopic (exact) mass is 364 g/mol. The van der Waals surface area contributed by atoms with Crippen molar-refractivity contribution >= 4 is 17.2 Å². The lowest BCUT2D eigenvalue weighted by Gasteiger charge is -2.32. The Morgan fingerprint density at radius 3 is 2.52 bits per heavy atom. The maximum Gasteiger partial charge on any atom is 0.293 e. The molecule has 140 valence electrons. The van der Waals surface area contributed by atoms with Crippen LogP contribution in [0.1, 0.15) is 21.7 Å². The van der Waals surface area contributed by atoms with Gasteiger partial charge in [-0.05, 0) is 43.3 Å². The lowest BCUT2D eigenvalue weighted by Crippen LogP contribution is -2.43. The van der Waals surface area contributed by atoms with Crippen LogP contribution < -0.4 is 5.32 Å². The summed E-state index contributed by atoms with van der Waals surface area (Å²) in [5.41, 5.74) is 3.71. The number of nitrogens with one attached hydrogen (secondary N) is 1. The minimum atomic E-state index is -0.264. The van der Waals surface area contributed by atoms with Crippen LogP contribution in [0.5, 0.6) is 0 Å². The van der Waals surface area contributed by atoms with Crippen molar-refractivity contribution in [3.05, 3.63) is 59.5 Å². The van der Waals surface area contributed by atoms with Crippen molar-refractivity contribution in [1.29, 1.82) is 0 Å². The van der Waals surface area contributed by atoms with E-state index in [2.05, 4.69) is 44.5 Å². The second kappa shape index (κ2) is 7.46. The van der Waals surface area contributed by atoms with Crippen molar-refractivity contribution < 1.29 is 4.79 Å². The highest BCUT2D eigenvalue weighted by molar-refractivity contribution is 6.02. The molecule has 0 unspecified atom stereocenters. The molecule has 3 heterocycles. The largest absolute Gasteiger partial charge is 0.319 e. The SMILES string of the molecule is Cc1ccc2nnc(C(=O)Nc3ccc(CN4CCN(C)CC4)cc3)n2c1. The number of aryl methyl sites for hydroxylation is 1. The van der Waals surface area contributed by atoms with Crippen LogP contribution in [0.25, 0.3) is 5.65 Å². The highest BCUT2D eigenvalue weighted by atomic mass is 16.2. The minimum absolute atomic E-state index is 0.264. The number of rotatable bonds is 4. The van der Waals surface area contributed by atoms with E-state index < -0.39 is 0 Å². The van der Waals surface area contributed by atoms with E-state index in [0.717, 1.165) is 44.0 Å². The van der Waals surface area contributed by atoms with E-state index in [4.69, 9.17) is 0 Å². The molecule has 1 fully saturated rings. The number of nitrogens with zero attached hydrogens (tertiary/aromatic N) is 5. The molecule has 4 rings (SSSR count). The molecule has 0 spiro atoms. The van der Waals surface area contributed by atoms with Gasteiger partial charge in [0.05, 0.1) is 0 Å². The number of amides is 1. The van der Waals surface area contributed by atoms with E-state index in [1.165, 1.54) is 5.56 Å². The fraction of sp³-hybridized carbons (Fsp3) is 0.350. The van der Waals surface area contributed by atoms with Crippen LogP contribution >= 0.6 is 0 Å². The van der Waals surface area contributed by atoms with Gasteiger partial charge in [0.1, 0.15) is 0 Å². The molecule has 0 aliphatic carbocycles. The molecule has 0 atom stereocenters. The zero-order valence-electron chi connectivity index (χ0n) is 15.7. The summed E-state index contributed by atoms with van der Waals surface area (Å²) in [6.45, 7) is 7.32. The molecule has 1 saturated heterocycles. The van der Waals surface area contributed by atoms with Gasteiger partial charge >= 0.3 is 0 Å². The zero-order valence-corrected chi connectivity index (χ0v) is 15.7. The number of benzene rings is 1. The lowest BCUT2D eigenvalue weighted by atomic mass is 10.2. The average Bonchev–Trinajstić information content (AvgIpc) is 3.08. The summed E-state index contributed by atoms with van der Waals surface area (Å²) in [6, 6.07) is 11.8. The predicted molar refractivity (Wildman–Crippen MR) is 105 cm³/mol. The van der Waals surface area contributed by atoms with Gasteiger partial charge in [0.2, 0.25) is 5.82 Å². The van der Waals surface area contributed by atoms with Crippen LogP contribution in [0, 0.1) is 6.92 Å². The first-order valence-corrected chi connectivity index (χ1v) is 9.21. The molecular formula is C20H24N6O. The Kier molecular flexibility index (Phi) is 4.87. The average molecular weight is 364 g/mol. The lowest BCUT2D eigenvalue weighted by molar-refractivity contribution is 0.101. The van der Waals surface area contributed by atoms with Crippen LogP contribution in [0.4, 0.5) is 5.69 Å². The quantitative estimate of drug-likeness (QED) is 0.767. The van der Waals surface area contributed by atoms with Gasteiger partial charge in [-0.3, -0.25) is 14.1 Å². The Morgan fingerprint density at radius 2 is 1.78 bits per heavy atom. The number of fused-ring (bicyclic) bond motifs is 1. The summed E-state index contributed by atoms with van der Waals surface area (Å²) in [4.78, 5) is 17.4. The first-order chi connectivity index (χ1) is 13.1. The summed E-state index contributed by atoms with van der Waals surface area (Å²) in [6.07, 6.45) is 1.86. The molecule has 2 aromatic heterocycles. The highest BCUT2D eigenvalue weighted by Gasteiger charge is 2.16. The van der Waals surface area contributed by atoms with E-state index in [-0.39, 0.29) is 11.7 Å². The van der Waals surface area contributed by atoms with Crippen LogP contribution in [-0.4, -0.2) is 63.5 Å². The third kappa shape index (κ3) is 3.99. The molecule has 1 aromatic carbocycles. The Balaban J connectivity index is 1.42. The minimum Gasteiger partial charge on any atom is -0.319 e. The summed E-state index contributed by atoms with van der Waals surface area (Å²) in [7, 11) is 2.16. The van der Waals surface area contributed by atoms with Gasteiger partial charge in [0, 0.05) is 44.6 Å². The van der Waals surface area contributed by atoms with Crippen LogP contribution in [0.15, 0.2) is 42.6 Å². The molecule has 1 N–H and O–H groups in total. The Morgan fingerprint density at radius 1 is 1.04 bits per heavy atom. The van der Waals surface area contributed by atoms with Crippen molar-refractivity contribution in [1.82, 2.24) is 24.4 Å². The smallest absolute Gasteiger partial charge is 0.293 e. The normalized spacial score (nSPS) is 15.9. The molecule has 1 aliphatic rings. The van der Waals surface area contributed by atoms with Crippen molar-refractivity contribution in [3.8, 4) is 0 Å². The van der Waals surface area contributed by atoms with Gasteiger partial charge in [-0.15, -0.1) is 10.2 Å². The summed E-state index contributed by atoms with van der Waals surface area (Å²) < 4.78 is 1.71. The van der Waals surface area contributed by atoms with E-state index >= 15 is 0 Å². The van der Waals surface area contributed by atoms with Crippen molar-refractivity contribution in [3.63, 3.8) is 0 Å². The Bertz CT molecular complexity index is 941. The third-order valence-electron chi connectivity index (χ3n) is 4.97. The molecule has 0 saturated carbocycles. The van der Waals surface area contributed by atoms with E-state index in [1.54, 1.807) is 4.40 Å². The van der Waals surface area contributed by atoms with Crippen LogP contribution in [0.3, 0.4) is 0 Å². The van der Waals surface area contributed by atoms with E-state index in [0.29, 0.717) is 5.65 Å². The molecule has 7 nitrogen and oxygen atoms in total. The topological polar surface area (TPSA) is 65.8 Å². The van der Waals surface area contributed by atoms with Crippen molar-refractivity contribution in [2.75, 3.05) is 38.5 Å². The van der Waals surface area contributed by atoms with Gasteiger partial charge < -0.3 is 10.2 Å². The highest BCUT2D eigenvalue weighted by Crippen LogP contribution is 2.14. The van der Waals surface area contributed by atoms with Gasteiger partial charge in [-0.2, -0.15) is 0 Å². The summed E-state index contributed by atoms with van der Waals surface area (Å²) in [5, 5.41) is 11.0. The number of pyridine rings is 1. The fourth-order valence-electron chi connectivity index (χ4n) is 3.30. The second-order valence-electron chi connectivity index (χ2n) is 7.19. The molecule has 27 heavy (non-hydrogen) atoms. The fourth-order valence-corrected chi connectivity index (χ4v) is 3.30. The molecule has 0 bridgehead atoms. The Labute approximate surface area is 158 Å². The first-order valence-electron chi connectivity index (χ1n) is 9.21. The summed E-state index contributed by atoms with van der Waals surface area (Å²) in [5.74, 6) is 0.0233. The Hall–Kier alpha value is -2.77. The van der Waals surface area contributed by atoms with E-state index in [9.17, 15) is 4.79 Å². The molecular weight excluding hydrogens is 340 g/mol. The van der Waals surface area contributed by atoms with Crippen molar-refractivity contribution in [2.45, 2.75) is 13.5 Å². The first kappa shape index (κ1) is 17.6. The summed E-state index contributed by atoms with van der Waals surface area (Å²) >= 11 is 0. The number of hydrogen-bond acceptors (Lipinski definition) is 5. The molecule has 7 heteroatoms. The second-order valence-corrected chi connectivity index (χ2v) is 7.19. The maximum atomic E-state index is 12.6. The van der Waals surface area contributed by atoms with Crippen LogP contribution in [0.2, 0.25) is 0 Å². The number of carbonyl (C=O) groups excluding carboxylic acids is 1. The molecule has 1 amide bonds. The van der Waals surface area contributed by atoms with Gasteiger partial charge in [0.25, 0.3) is 5.91 Å². The molecule has 1 aliphatic heterocycles. The molecule has 0 radical (unpaired) electrons. The standard InChI is InChI=1S/C20H24N6O/c1-15-3-8-18-22-23-19(26(18)13-15)20(27)21-17-6-4-16(5-7-17)14-25-11-9-24(2)10-12-25/h3-8,13H,9-12,14H2,1-2H3,(H,21,27). The number of carbonyl (C=O) groups is 1. The number of anilines is 1. The van der Waals surface area contributed by atoms with E-state index in [1.807, 2.05) is 37.4 Å².